The molecule has 0 saturated carbocycles. The minimum Gasteiger partial charge on any atom is -0.397 e. The molecule has 1 rings (SSSR count). The summed E-state index contributed by atoms with van der Waals surface area (Å²) in [4.78, 5) is 0. The average Bonchev–Trinajstić information content (AvgIpc) is 2.21. The lowest BCUT2D eigenvalue weighted by molar-refractivity contribution is 0.283. The van der Waals surface area contributed by atoms with Crippen molar-refractivity contribution in [3.8, 4) is 0 Å². The summed E-state index contributed by atoms with van der Waals surface area (Å²) in [7, 11) is 0. The standard InChI is InChI=1S/C11H19N3O/c12-9-5-4-6-10(13)11(9)14-7-2-1-3-8-15/h4-6,14-15H,1-3,7-8,12-13H2. The highest BCUT2D eigenvalue weighted by molar-refractivity contribution is 5.79. The lowest BCUT2D eigenvalue weighted by Gasteiger charge is -2.11. The molecule has 0 bridgehead atoms. The second kappa shape index (κ2) is 6.14. The van der Waals surface area contributed by atoms with E-state index in [0.29, 0.717) is 11.4 Å². The normalized spacial score (nSPS) is 10.2. The van der Waals surface area contributed by atoms with Crippen molar-refractivity contribution in [3.63, 3.8) is 0 Å². The molecule has 0 spiro atoms. The van der Waals surface area contributed by atoms with Gasteiger partial charge in [-0.2, -0.15) is 0 Å². The van der Waals surface area contributed by atoms with Gasteiger partial charge >= 0.3 is 0 Å². The monoisotopic (exact) mass is 209 g/mol. The van der Waals surface area contributed by atoms with Crippen LogP contribution < -0.4 is 16.8 Å². The van der Waals surface area contributed by atoms with Gasteiger partial charge in [-0.25, -0.2) is 0 Å². The minimum absolute atomic E-state index is 0.260. The van der Waals surface area contributed by atoms with Crippen molar-refractivity contribution in [2.24, 2.45) is 0 Å². The zero-order valence-corrected chi connectivity index (χ0v) is 8.87. The molecule has 0 aliphatic carbocycles. The Labute approximate surface area is 90.3 Å². The smallest absolute Gasteiger partial charge is 0.0807 e. The molecule has 0 unspecified atom stereocenters. The van der Waals surface area contributed by atoms with Crippen molar-refractivity contribution in [2.75, 3.05) is 29.9 Å². The van der Waals surface area contributed by atoms with Crippen LogP contribution in [0.25, 0.3) is 0 Å². The van der Waals surface area contributed by atoms with Gasteiger partial charge in [-0.3, -0.25) is 0 Å². The fourth-order valence-corrected chi connectivity index (χ4v) is 1.42. The molecule has 0 fully saturated rings. The van der Waals surface area contributed by atoms with Crippen LogP contribution in [0.2, 0.25) is 0 Å². The first-order valence-corrected chi connectivity index (χ1v) is 5.24. The van der Waals surface area contributed by atoms with Gasteiger partial charge in [-0.15, -0.1) is 0 Å². The summed E-state index contributed by atoms with van der Waals surface area (Å²) in [5, 5.41) is 11.8. The molecule has 0 amide bonds. The van der Waals surface area contributed by atoms with E-state index in [1.165, 1.54) is 0 Å². The lowest BCUT2D eigenvalue weighted by atomic mass is 10.2. The second-order valence-corrected chi connectivity index (χ2v) is 3.52. The van der Waals surface area contributed by atoms with Gasteiger partial charge in [-0.1, -0.05) is 6.07 Å². The molecule has 0 aromatic heterocycles. The Morgan fingerprint density at radius 3 is 2.33 bits per heavy atom. The van der Waals surface area contributed by atoms with Gasteiger partial charge in [0.15, 0.2) is 0 Å². The van der Waals surface area contributed by atoms with Gasteiger partial charge in [0.2, 0.25) is 0 Å². The summed E-state index contributed by atoms with van der Waals surface area (Å²) in [6.07, 6.45) is 2.87. The molecule has 0 aliphatic rings. The third-order valence-corrected chi connectivity index (χ3v) is 2.27. The number of aliphatic hydroxyl groups excluding tert-OH is 1. The highest BCUT2D eigenvalue weighted by Gasteiger charge is 2.01. The van der Waals surface area contributed by atoms with E-state index in [1.54, 1.807) is 0 Å². The van der Waals surface area contributed by atoms with Crippen LogP contribution in [0.3, 0.4) is 0 Å². The maximum atomic E-state index is 8.61. The molecule has 1 aromatic carbocycles. The van der Waals surface area contributed by atoms with E-state index >= 15 is 0 Å². The zero-order chi connectivity index (χ0) is 11.1. The van der Waals surface area contributed by atoms with Crippen LogP contribution in [-0.2, 0) is 0 Å². The summed E-state index contributed by atoms with van der Waals surface area (Å²) in [6.45, 7) is 1.09. The largest absolute Gasteiger partial charge is 0.397 e. The van der Waals surface area contributed by atoms with E-state index in [4.69, 9.17) is 16.6 Å². The van der Waals surface area contributed by atoms with Crippen LogP contribution in [-0.4, -0.2) is 18.3 Å². The van der Waals surface area contributed by atoms with Gasteiger partial charge in [0.25, 0.3) is 0 Å². The highest BCUT2D eigenvalue weighted by atomic mass is 16.2. The molecule has 0 atom stereocenters. The third-order valence-electron chi connectivity index (χ3n) is 2.27. The van der Waals surface area contributed by atoms with Crippen LogP contribution >= 0.6 is 0 Å². The molecular formula is C11H19N3O. The third kappa shape index (κ3) is 3.67. The highest BCUT2D eigenvalue weighted by Crippen LogP contribution is 2.25. The quantitative estimate of drug-likeness (QED) is 0.422. The van der Waals surface area contributed by atoms with Crippen LogP contribution in [0.1, 0.15) is 19.3 Å². The molecule has 6 N–H and O–H groups in total. The maximum Gasteiger partial charge on any atom is 0.0807 e. The maximum absolute atomic E-state index is 8.61. The molecular weight excluding hydrogens is 190 g/mol. The van der Waals surface area contributed by atoms with E-state index in [2.05, 4.69) is 5.32 Å². The van der Waals surface area contributed by atoms with E-state index in [0.717, 1.165) is 31.5 Å². The lowest BCUT2D eigenvalue weighted by Crippen LogP contribution is -2.07. The predicted molar refractivity (Wildman–Crippen MR) is 64.7 cm³/mol. The summed E-state index contributed by atoms with van der Waals surface area (Å²) >= 11 is 0. The predicted octanol–water partition coefficient (Wildman–Crippen LogP) is 1.43. The fourth-order valence-electron chi connectivity index (χ4n) is 1.42. The Kier molecular flexibility index (Phi) is 4.77. The summed E-state index contributed by atoms with van der Waals surface area (Å²) in [5.41, 5.74) is 13.7. The number of nitrogens with two attached hydrogens (primary N) is 2. The van der Waals surface area contributed by atoms with E-state index in [-0.39, 0.29) is 6.61 Å². The number of nitrogens with one attached hydrogen (secondary N) is 1. The Morgan fingerprint density at radius 2 is 1.73 bits per heavy atom. The minimum atomic E-state index is 0.260. The summed E-state index contributed by atoms with van der Waals surface area (Å²) < 4.78 is 0. The van der Waals surface area contributed by atoms with Gasteiger partial charge in [-0.05, 0) is 31.4 Å². The van der Waals surface area contributed by atoms with Gasteiger partial charge in [0, 0.05) is 13.2 Å². The second-order valence-electron chi connectivity index (χ2n) is 3.52. The average molecular weight is 209 g/mol. The molecule has 1 aromatic rings. The number of rotatable bonds is 6. The first-order valence-electron chi connectivity index (χ1n) is 5.24. The molecule has 4 nitrogen and oxygen atoms in total. The number of aliphatic hydroxyl groups is 1. The van der Waals surface area contributed by atoms with Crippen LogP contribution in [0.5, 0.6) is 0 Å². The van der Waals surface area contributed by atoms with E-state index in [9.17, 15) is 0 Å². The SMILES string of the molecule is Nc1cccc(N)c1NCCCCCO. The summed E-state index contributed by atoms with van der Waals surface area (Å²) in [5.74, 6) is 0. The Hall–Kier alpha value is -1.42. The van der Waals surface area contributed by atoms with Crippen molar-refractivity contribution in [2.45, 2.75) is 19.3 Å². The van der Waals surface area contributed by atoms with Crippen molar-refractivity contribution in [1.29, 1.82) is 0 Å². The molecule has 15 heavy (non-hydrogen) atoms. The van der Waals surface area contributed by atoms with Crippen LogP contribution in [0.15, 0.2) is 18.2 Å². The Morgan fingerprint density at radius 1 is 1.07 bits per heavy atom. The first kappa shape index (κ1) is 11.7. The van der Waals surface area contributed by atoms with Crippen LogP contribution in [0, 0.1) is 0 Å². The molecule has 4 heteroatoms. The number of unbranched alkanes of at least 4 members (excludes halogenated alkanes) is 2. The fraction of sp³-hybridized carbons (Fsp3) is 0.455. The van der Waals surface area contributed by atoms with E-state index in [1.807, 2.05) is 18.2 Å². The number of hydrogen-bond acceptors (Lipinski definition) is 4. The van der Waals surface area contributed by atoms with Gasteiger partial charge < -0.3 is 21.9 Å². The molecule has 84 valence electrons. The number of para-hydroxylation sites is 1. The van der Waals surface area contributed by atoms with Gasteiger partial charge in [0.1, 0.15) is 0 Å². The van der Waals surface area contributed by atoms with Crippen molar-refractivity contribution in [3.05, 3.63) is 18.2 Å². The first-order chi connectivity index (χ1) is 7.25. The number of nitrogen functional groups attached to an aromatic ring is 2. The topological polar surface area (TPSA) is 84.3 Å². The molecule has 0 saturated heterocycles. The van der Waals surface area contributed by atoms with Crippen molar-refractivity contribution < 1.29 is 5.11 Å². The van der Waals surface area contributed by atoms with Crippen molar-refractivity contribution in [1.82, 2.24) is 0 Å². The van der Waals surface area contributed by atoms with Crippen LogP contribution in [0.4, 0.5) is 17.1 Å². The summed E-state index contributed by atoms with van der Waals surface area (Å²) in [6, 6.07) is 5.49. The van der Waals surface area contributed by atoms with E-state index < -0.39 is 0 Å². The number of hydrogen-bond donors (Lipinski definition) is 4. The molecule has 0 heterocycles. The Bertz CT molecular complexity index is 282. The number of anilines is 3. The molecule has 0 aliphatic heterocycles. The van der Waals surface area contributed by atoms with Crippen molar-refractivity contribution >= 4 is 17.1 Å². The molecule has 0 radical (unpaired) electrons. The van der Waals surface area contributed by atoms with Gasteiger partial charge in [0.05, 0.1) is 17.1 Å². The Balaban J connectivity index is 2.37. The zero-order valence-electron chi connectivity index (χ0n) is 8.87. The number of benzene rings is 1.